The number of hydrogen-bond acceptors (Lipinski definition) is 4. The zero-order chi connectivity index (χ0) is 13.6. The normalized spacial score (nSPS) is 25.5. The van der Waals surface area contributed by atoms with E-state index in [1.807, 2.05) is 6.07 Å². The summed E-state index contributed by atoms with van der Waals surface area (Å²) in [5, 5.41) is 1.75. The lowest BCUT2D eigenvalue weighted by molar-refractivity contribution is 0.366. The molecule has 1 aromatic carbocycles. The van der Waals surface area contributed by atoms with E-state index >= 15 is 0 Å². The predicted octanol–water partition coefficient (Wildman–Crippen LogP) is 2.09. The van der Waals surface area contributed by atoms with Crippen molar-refractivity contribution >= 4 is 17.2 Å². The van der Waals surface area contributed by atoms with E-state index in [9.17, 15) is 0 Å². The summed E-state index contributed by atoms with van der Waals surface area (Å²) in [6, 6.07) is 8.36. The van der Waals surface area contributed by atoms with Gasteiger partial charge in [-0.2, -0.15) is 4.98 Å². The second-order valence-corrected chi connectivity index (χ2v) is 5.13. The number of aromatic nitrogens is 2. The van der Waals surface area contributed by atoms with Crippen LogP contribution in [0.15, 0.2) is 36.8 Å². The molecular weight excluding hydrogens is 238 g/mol. The molecule has 3 rings (SSSR count). The van der Waals surface area contributed by atoms with Gasteiger partial charge in [0.2, 0.25) is 0 Å². The third-order valence-electron chi connectivity index (χ3n) is 4.16. The molecule has 19 heavy (non-hydrogen) atoms. The lowest BCUT2D eigenvalue weighted by Gasteiger charge is -2.34. The van der Waals surface area contributed by atoms with E-state index in [1.54, 1.807) is 17.5 Å². The number of benzene rings is 1. The number of hydrazine groups is 1. The fourth-order valence-electron chi connectivity index (χ4n) is 2.88. The smallest absolute Gasteiger partial charge is 0.249 e. The van der Waals surface area contributed by atoms with E-state index in [0.29, 0.717) is 4.48 Å². The zero-order valence-electron chi connectivity index (χ0n) is 11.4. The van der Waals surface area contributed by atoms with Gasteiger partial charge in [-0.1, -0.05) is 18.2 Å². The van der Waals surface area contributed by atoms with Gasteiger partial charge in [-0.05, 0) is 13.0 Å². The Morgan fingerprint density at radius 3 is 2.79 bits per heavy atom. The molecule has 0 bridgehead atoms. The Bertz CT molecular complexity index is 627. The number of para-hydroxylation sites is 1. The molecule has 2 heterocycles. The molecule has 0 aliphatic carbocycles. The fraction of sp³-hybridized carbons (Fsp3) is 0.286. The Morgan fingerprint density at radius 1 is 1.32 bits per heavy atom. The lowest BCUT2D eigenvalue weighted by Crippen LogP contribution is -2.54. The highest BCUT2D eigenvalue weighted by atomic mass is 15.6. The maximum atomic E-state index is 6.19. The van der Waals surface area contributed by atoms with Crippen molar-refractivity contribution in [3.8, 4) is 0 Å². The molecule has 2 aromatic rings. The number of rotatable bonds is 1. The van der Waals surface area contributed by atoms with Crippen molar-refractivity contribution in [2.24, 2.45) is 5.84 Å². The molecule has 98 valence electrons. The summed E-state index contributed by atoms with van der Waals surface area (Å²) in [7, 11) is 2.14. The minimum absolute atomic E-state index is 0.0767. The van der Waals surface area contributed by atoms with E-state index in [2.05, 4.69) is 49.1 Å². The van der Waals surface area contributed by atoms with E-state index in [0.717, 1.165) is 11.5 Å². The van der Waals surface area contributed by atoms with Gasteiger partial charge in [-0.15, -0.1) is 0 Å². The highest BCUT2D eigenvalue weighted by molar-refractivity contribution is 5.76. The Balaban J connectivity index is 2.27. The molecule has 0 saturated carbocycles. The van der Waals surface area contributed by atoms with Crippen molar-refractivity contribution in [1.29, 1.82) is 0 Å². The minimum Gasteiger partial charge on any atom is -0.249 e. The molecule has 0 amide bonds. The number of aryl methyl sites for hydroxylation is 1. The Hall–Kier alpha value is -1.98. The van der Waals surface area contributed by atoms with Gasteiger partial charge < -0.3 is 0 Å². The standard InChI is InChI=1S/C14H18N5/c1-10-6-4-5-7-13(10)19(3)11(2)18(15)12-8-16-9-17-14(12)19/h4-9,11H,15H2,1-3H3/q+1/t11-,19?/m0/s1. The summed E-state index contributed by atoms with van der Waals surface area (Å²) in [6.45, 7) is 4.22. The van der Waals surface area contributed by atoms with Crippen molar-refractivity contribution in [2.75, 3.05) is 12.1 Å². The Kier molecular flexibility index (Phi) is 2.55. The number of quaternary nitrogens is 1. The molecule has 1 unspecified atom stereocenters. The molecule has 1 aliphatic heterocycles. The number of nitrogens with two attached hydrogens (primary N) is 1. The number of anilines is 1. The van der Waals surface area contributed by atoms with Gasteiger partial charge in [-0.25, -0.2) is 20.3 Å². The van der Waals surface area contributed by atoms with Crippen LogP contribution < -0.4 is 15.3 Å². The molecule has 1 aliphatic rings. The maximum Gasteiger partial charge on any atom is 0.262 e. The molecule has 0 fully saturated rings. The van der Waals surface area contributed by atoms with Crippen molar-refractivity contribution < 1.29 is 0 Å². The predicted molar refractivity (Wildman–Crippen MR) is 76.7 cm³/mol. The van der Waals surface area contributed by atoms with E-state index in [-0.39, 0.29) is 6.17 Å². The van der Waals surface area contributed by atoms with Crippen LogP contribution in [0.1, 0.15) is 12.5 Å². The molecule has 0 saturated heterocycles. The van der Waals surface area contributed by atoms with Crippen molar-refractivity contribution in [3.63, 3.8) is 0 Å². The number of nitrogens with zero attached hydrogens (tertiary/aromatic N) is 4. The molecule has 5 nitrogen and oxygen atoms in total. The molecule has 0 radical (unpaired) electrons. The van der Waals surface area contributed by atoms with Crippen LogP contribution in [0.3, 0.4) is 0 Å². The quantitative estimate of drug-likeness (QED) is 0.627. The largest absolute Gasteiger partial charge is 0.262 e. The zero-order valence-corrected chi connectivity index (χ0v) is 11.4. The molecule has 2 atom stereocenters. The summed E-state index contributed by atoms with van der Waals surface area (Å²) in [4.78, 5) is 8.55. The van der Waals surface area contributed by atoms with Gasteiger partial charge in [-0.3, -0.25) is 0 Å². The average Bonchev–Trinajstić information content (AvgIpc) is 2.63. The van der Waals surface area contributed by atoms with Crippen LogP contribution in [0.4, 0.5) is 17.2 Å². The Labute approximate surface area is 112 Å². The fourth-order valence-corrected chi connectivity index (χ4v) is 2.88. The van der Waals surface area contributed by atoms with Crippen molar-refractivity contribution in [1.82, 2.24) is 14.5 Å². The highest BCUT2D eigenvalue weighted by Crippen LogP contribution is 2.46. The average molecular weight is 256 g/mol. The SMILES string of the molecule is Cc1ccccc1[N+]1(C)c2ncncc2N(N)[C@@H]1C. The monoisotopic (exact) mass is 256 g/mol. The molecular formula is C14H18N5+. The molecule has 2 N–H and O–H groups in total. The summed E-state index contributed by atoms with van der Waals surface area (Å²) >= 11 is 0. The van der Waals surface area contributed by atoms with Crippen LogP contribution in [0.5, 0.6) is 0 Å². The van der Waals surface area contributed by atoms with Crippen LogP contribution in [0.25, 0.3) is 0 Å². The van der Waals surface area contributed by atoms with Gasteiger partial charge in [0, 0.05) is 12.5 Å². The van der Waals surface area contributed by atoms with Crippen molar-refractivity contribution in [3.05, 3.63) is 42.4 Å². The second-order valence-electron chi connectivity index (χ2n) is 5.13. The van der Waals surface area contributed by atoms with Crippen LogP contribution in [-0.2, 0) is 0 Å². The lowest BCUT2D eigenvalue weighted by atomic mass is 10.1. The topological polar surface area (TPSA) is 55.0 Å². The van der Waals surface area contributed by atoms with E-state index in [4.69, 9.17) is 5.84 Å². The minimum atomic E-state index is 0.0767. The molecule has 1 aromatic heterocycles. The molecule has 0 spiro atoms. The third-order valence-corrected chi connectivity index (χ3v) is 4.16. The van der Waals surface area contributed by atoms with Gasteiger partial charge in [0.25, 0.3) is 5.82 Å². The van der Waals surface area contributed by atoms with Crippen LogP contribution >= 0.6 is 0 Å². The van der Waals surface area contributed by atoms with Gasteiger partial charge in [0.1, 0.15) is 12.0 Å². The number of fused-ring (bicyclic) bond motifs is 1. The highest BCUT2D eigenvalue weighted by Gasteiger charge is 2.49. The first-order valence-corrected chi connectivity index (χ1v) is 6.33. The van der Waals surface area contributed by atoms with E-state index < -0.39 is 0 Å². The second kappa shape index (κ2) is 4.01. The maximum absolute atomic E-state index is 6.19. The van der Waals surface area contributed by atoms with E-state index in [1.165, 1.54) is 11.3 Å². The number of hydrogen-bond donors (Lipinski definition) is 1. The van der Waals surface area contributed by atoms with Gasteiger partial charge in [0.15, 0.2) is 11.9 Å². The first-order chi connectivity index (χ1) is 9.06. The van der Waals surface area contributed by atoms with Crippen LogP contribution in [0, 0.1) is 6.92 Å². The van der Waals surface area contributed by atoms with Gasteiger partial charge >= 0.3 is 0 Å². The third kappa shape index (κ3) is 1.49. The van der Waals surface area contributed by atoms with Crippen LogP contribution in [0.2, 0.25) is 0 Å². The summed E-state index contributed by atoms with van der Waals surface area (Å²) in [5.41, 5.74) is 3.33. The summed E-state index contributed by atoms with van der Waals surface area (Å²) in [5.74, 6) is 7.13. The van der Waals surface area contributed by atoms with Crippen molar-refractivity contribution in [2.45, 2.75) is 20.0 Å². The van der Waals surface area contributed by atoms with Crippen LogP contribution in [-0.4, -0.2) is 23.2 Å². The first-order valence-electron chi connectivity index (χ1n) is 6.33. The summed E-state index contributed by atoms with van der Waals surface area (Å²) < 4.78 is 0.570. The first kappa shape index (κ1) is 12.1. The van der Waals surface area contributed by atoms with Gasteiger partial charge in [0.05, 0.1) is 13.2 Å². The summed E-state index contributed by atoms with van der Waals surface area (Å²) in [6.07, 6.45) is 3.44. The Morgan fingerprint density at radius 2 is 2.05 bits per heavy atom. The molecule has 5 heteroatoms.